The topological polar surface area (TPSA) is 46.6 Å². The molecule has 2 rings (SSSR count). The largest absolute Gasteiger partial charge is 0.465 e. The van der Waals surface area contributed by atoms with E-state index < -0.39 is 30.0 Å². The second-order valence-electron chi connectivity index (χ2n) is 5.77. The lowest BCUT2D eigenvalue weighted by Crippen LogP contribution is -2.55. The van der Waals surface area contributed by atoms with Crippen LogP contribution in [0, 0.1) is 5.41 Å². The summed E-state index contributed by atoms with van der Waals surface area (Å²) in [5.74, 6) is -1.27. The van der Waals surface area contributed by atoms with Crippen molar-refractivity contribution < 1.29 is 23.1 Å². The molecule has 126 valence electrons. The molecule has 1 fully saturated rings. The van der Waals surface area contributed by atoms with Gasteiger partial charge in [0.25, 0.3) is 0 Å². The number of halogens is 2. The van der Waals surface area contributed by atoms with E-state index in [9.17, 15) is 18.4 Å². The summed E-state index contributed by atoms with van der Waals surface area (Å²) in [5.41, 5.74) is -0.742. The molecular formula is C17H21F2NO3. The molecule has 0 unspecified atom stereocenters. The fourth-order valence-electron chi connectivity index (χ4n) is 3.00. The van der Waals surface area contributed by atoms with Gasteiger partial charge in [-0.2, -0.15) is 0 Å². The zero-order chi connectivity index (χ0) is 16.9. The molecule has 1 atom stereocenters. The minimum absolute atomic E-state index is 0.0239. The van der Waals surface area contributed by atoms with E-state index >= 15 is 0 Å². The maximum atomic E-state index is 13.0. The Morgan fingerprint density at radius 1 is 1.35 bits per heavy atom. The van der Waals surface area contributed by atoms with E-state index in [1.807, 2.05) is 35.2 Å². The van der Waals surface area contributed by atoms with Crippen molar-refractivity contribution >= 4 is 11.8 Å². The van der Waals surface area contributed by atoms with Crippen molar-refractivity contribution in [2.75, 3.05) is 19.7 Å². The maximum absolute atomic E-state index is 13.0. The van der Waals surface area contributed by atoms with Crippen LogP contribution in [0.5, 0.6) is 0 Å². The van der Waals surface area contributed by atoms with Crippen LogP contribution in [0.4, 0.5) is 8.78 Å². The molecule has 0 bridgehead atoms. The van der Waals surface area contributed by atoms with Crippen LogP contribution in [0.1, 0.15) is 25.3 Å². The fourth-order valence-corrected chi connectivity index (χ4v) is 3.00. The molecule has 4 nitrogen and oxygen atoms in total. The van der Waals surface area contributed by atoms with Crippen LogP contribution in [-0.4, -0.2) is 42.8 Å². The third-order valence-corrected chi connectivity index (χ3v) is 4.10. The summed E-state index contributed by atoms with van der Waals surface area (Å²) in [5, 5.41) is 0. The number of piperidine rings is 1. The number of ketones is 1. The van der Waals surface area contributed by atoms with E-state index in [-0.39, 0.29) is 19.6 Å². The molecule has 1 saturated heterocycles. The van der Waals surface area contributed by atoms with E-state index in [0.717, 1.165) is 5.56 Å². The van der Waals surface area contributed by atoms with Crippen molar-refractivity contribution in [3.05, 3.63) is 35.9 Å². The Kier molecular flexibility index (Phi) is 5.82. The molecule has 1 aliphatic heterocycles. The summed E-state index contributed by atoms with van der Waals surface area (Å²) in [6.45, 7) is 2.61. The van der Waals surface area contributed by atoms with E-state index in [1.165, 1.54) is 0 Å². The molecule has 0 aliphatic carbocycles. The number of nitrogens with zero attached hydrogens (tertiary/aromatic N) is 1. The van der Waals surface area contributed by atoms with Crippen LogP contribution < -0.4 is 0 Å². The Balaban J connectivity index is 2.20. The molecular weight excluding hydrogens is 304 g/mol. The highest BCUT2D eigenvalue weighted by Crippen LogP contribution is 2.35. The van der Waals surface area contributed by atoms with E-state index in [1.54, 1.807) is 6.92 Å². The van der Waals surface area contributed by atoms with E-state index in [4.69, 9.17) is 4.74 Å². The van der Waals surface area contributed by atoms with Gasteiger partial charge in [0.1, 0.15) is 5.41 Å². The number of rotatable bonds is 6. The second kappa shape index (κ2) is 7.64. The van der Waals surface area contributed by atoms with Gasteiger partial charge in [-0.15, -0.1) is 0 Å². The number of carbonyl (C=O) groups excluding carboxylic acids is 2. The molecule has 0 saturated carbocycles. The quantitative estimate of drug-likeness (QED) is 0.596. The number of benzene rings is 1. The molecule has 1 aromatic rings. The zero-order valence-electron chi connectivity index (χ0n) is 13.1. The van der Waals surface area contributed by atoms with Gasteiger partial charge in [-0.05, 0) is 12.5 Å². The summed E-state index contributed by atoms with van der Waals surface area (Å²) in [7, 11) is 0. The van der Waals surface area contributed by atoms with Crippen LogP contribution in [0.15, 0.2) is 30.3 Å². The monoisotopic (exact) mass is 325 g/mol. The highest BCUT2D eigenvalue weighted by atomic mass is 19.3. The fraction of sp³-hybridized carbons (Fsp3) is 0.529. The number of carbonyl (C=O) groups is 2. The summed E-state index contributed by atoms with van der Waals surface area (Å²) in [4.78, 5) is 26.4. The lowest BCUT2D eigenvalue weighted by atomic mass is 9.75. The number of likely N-dealkylation sites (tertiary alicyclic amines) is 1. The molecule has 0 aromatic heterocycles. The van der Waals surface area contributed by atoms with Crippen molar-refractivity contribution in [1.29, 1.82) is 0 Å². The van der Waals surface area contributed by atoms with Gasteiger partial charge in [0.15, 0.2) is 5.78 Å². The lowest BCUT2D eigenvalue weighted by molar-refractivity contribution is -0.167. The predicted octanol–water partition coefficient (Wildman–Crippen LogP) is 2.67. The van der Waals surface area contributed by atoms with Gasteiger partial charge in [-0.1, -0.05) is 30.3 Å². The first-order valence-corrected chi connectivity index (χ1v) is 7.73. The molecule has 0 spiro atoms. The average molecular weight is 325 g/mol. The number of Topliss-reactive ketones (excluding diaryl/α,β-unsaturated/α-hetero) is 1. The number of hydrogen-bond donors (Lipinski definition) is 0. The van der Waals surface area contributed by atoms with Gasteiger partial charge in [-0.3, -0.25) is 14.5 Å². The molecule has 6 heteroatoms. The van der Waals surface area contributed by atoms with Gasteiger partial charge in [0, 0.05) is 32.5 Å². The van der Waals surface area contributed by atoms with Crippen molar-refractivity contribution in [2.45, 2.75) is 32.7 Å². The number of hydrogen-bond acceptors (Lipinski definition) is 4. The van der Waals surface area contributed by atoms with Crippen LogP contribution in [0.3, 0.4) is 0 Å². The number of alkyl halides is 2. The van der Waals surface area contributed by atoms with Crippen LogP contribution in [0.2, 0.25) is 0 Å². The molecule has 0 radical (unpaired) electrons. The molecule has 0 amide bonds. The SMILES string of the molecule is CCOC(=O)[C@]1(CC(F)F)CN(Cc2ccccc2)CCC1=O. The van der Waals surface area contributed by atoms with Crippen LogP contribution in [0.25, 0.3) is 0 Å². The summed E-state index contributed by atoms with van der Waals surface area (Å²) < 4.78 is 31.0. The van der Waals surface area contributed by atoms with Gasteiger partial charge in [0.05, 0.1) is 6.61 Å². The highest BCUT2D eigenvalue weighted by Gasteiger charge is 2.51. The smallest absolute Gasteiger partial charge is 0.321 e. The summed E-state index contributed by atoms with van der Waals surface area (Å²) in [6, 6.07) is 9.53. The average Bonchev–Trinajstić information content (AvgIpc) is 2.51. The first kappa shape index (κ1) is 17.5. The van der Waals surface area contributed by atoms with Crippen molar-refractivity contribution in [1.82, 2.24) is 4.90 Å². The number of ether oxygens (including phenoxy) is 1. The molecule has 1 aromatic carbocycles. The third-order valence-electron chi connectivity index (χ3n) is 4.10. The summed E-state index contributed by atoms with van der Waals surface area (Å²) in [6.07, 6.45) is -3.44. The molecule has 0 N–H and O–H groups in total. The van der Waals surface area contributed by atoms with E-state index in [0.29, 0.717) is 13.1 Å². The Morgan fingerprint density at radius 2 is 2.04 bits per heavy atom. The highest BCUT2D eigenvalue weighted by molar-refractivity contribution is 6.04. The third kappa shape index (κ3) is 4.13. The normalized spacial score (nSPS) is 22.3. The Hall–Kier alpha value is -1.82. The van der Waals surface area contributed by atoms with Crippen LogP contribution >= 0.6 is 0 Å². The molecule has 1 aliphatic rings. The van der Waals surface area contributed by atoms with Gasteiger partial charge < -0.3 is 4.74 Å². The first-order valence-electron chi connectivity index (χ1n) is 7.73. The van der Waals surface area contributed by atoms with Gasteiger partial charge in [-0.25, -0.2) is 8.78 Å². The first-order chi connectivity index (χ1) is 11.0. The predicted molar refractivity (Wildman–Crippen MR) is 81.0 cm³/mol. The zero-order valence-corrected chi connectivity index (χ0v) is 13.1. The standard InChI is InChI=1S/C17H21F2NO3/c1-2-23-16(22)17(10-15(18)19)12-20(9-8-14(17)21)11-13-6-4-3-5-7-13/h3-7,15H,2,8-12H2,1H3/t17-/m1/s1. The maximum Gasteiger partial charge on any atom is 0.321 e. The number of esters is 1. The lowest BCUT2D eigenvalue weighted by Gasteiger charge is -2.39. The Morgan fingerprint density at radius 3 is 2.65 bits per heavy atom. The Labute approximate surface area is 134 Å². The van der Waals surface area contributed by atoms with E-state index in [2.05, 4.69) is 0 Å². The molecule has 1 heterocycles. The second-order valence-corrected chi connectivity index (χ2v) is 5.77. The summed E-state index contributed by atoms with van der Waals surface area (Å²) >= 11 is 0. The minimum atomic E-state index is -2.74. The Bertz CT molecular complexity index is 550. The van der Waals surface area contributed by atoms with Crippen molar-refractivity contribution in [2.24, 2.45) is 5.41 Å². The van der Waals surface area contributed by atoms with Crippen molar-refractivity contribution in [3.63, 3.8) is 0 Å². The van der Waals surface area contributed by atoms with Crippen LogP contribution in [-0.2, 0) is 20.9 Å². The van der Waals surface area contributed by atoms with Gasteiger partial charge >= 0.3 is 5.97 Å². The minimum Gasteiger partial charge on any atom is -0.465 e. The molecule has 23 heavy (non-hydrogen) atoms. The van der Waals surface area contributed by atoms with Crippen molar-refractivity contribution in [3.8, 4) is 0 Å². The van der Waals surface area contributed by atoms with Gasteiger partial charge in [0.2, 0.25) is 6.43 Å².